The summed E-state index contributed by atoms with van der Waals surface area (Å²) in [6, 6.07) is 0. The molecule has 0 aliphatic heterocycles. The van der Waals surface area contributed by atoms with Crippen LogP contribution < -0.4 is 0 Å². The Labute approximate surface area is 106 Å². The summed E-state index contributed by atoms with van der Waals surface area (Å²) in [5, 5.41) is 2.06. The molecule has 5 heteroatoms. The molecule has 0 amide bonds. The van der Waals surface area contributed by atoms with Gasteiger partial charge in [0.05, 0.1) is 0 Å². The number of hydrogen-bond donors (Lipinski definition) is 0. The van der Waals surface area contributed by atoms with Gasteiger partial charge in [-0.3, -0.25) is 0 Å². The second kappa shape index (κ2) is 8.85. The van der Waals surface area contributed by atoms with E-state index in [0.717, 1.165) is 10.7 Å². The van der Waals surface area contributed by atoms with Crippen molar-refractivity contribution < 1.29 is 0 Å². The minimum atomic E-state index is 0.600. The van der Waals surface area contributed by atoms with Gasteiger partial charge in [0, 0.05) is 31.8 Å². The number of halogens is 4. The molecule has 11 heavy (non-hydrogen) atoms. The van der Waals surface area contributed by atoms with Gasteiger partial charge in [0.2, 0.25) is 0 Å². The maximum atomic E-state index is 3.55. The van der Waals surface area contributed by atoms with Gasteiger partial charge in [0.1, 0.15) is 0 Å². The maximum Gasteiger partial charge on any atom is 0.0333 e. The summed E-state index contributed by atoms with van der Waals surface area (Å²) in [5.41, 5.74) is 0. The van der Waals surface area contributed by atoms with Crippen LogP contribution in [0.1, 0.15) is 0 Å². The molecule has 0 nitrogen and oxygen atoms in total. The lowest BCUT2D eigenvalue weighted by Crippen LogP contribution is -2.08. The predicted octanol–water partition coefficient (Wildman–Crippen LogP) is 4.04. The topological polar surface area (TPSA) is 0 Å². The van der Waals surface area contributed by atoms with Gasteiger partial charge in [-0.25, -0.2) is 0 Å². The molecule has 0 aliphatic rings. The third-order valence-electron chi connectivity index (χ3n) is 0.932. The van der Waals surface area contributed by atoms with Crippen LogP contribution >= 0.6 is 75.5 Å². The molecule has 0 N–H and O–H groups in total. The molecule has 0 spiro atoms. The van der Waals surface area contributed by atoms with Crippen molar-refractivity contribution in [3.05, 3.63) is 0 Å². The maximum absolute atomic E-state index is 3.55. The second-order valence-electron chi connectivity index (χ2n) is 2.04. The highest BCUT2D eigenvalue weighted by Gasteiger charge is 2.05. The lowest BCUT2D eigenvalue weighted by Gasteiger charge is -2.07. The molecule has 0 bridgehead atoms. The Morgan fingerprint density at radius 1 is 0.909 bits per heavy atom. The number of rotatable bonds is 6. The first kappa shape index (κ1) is 13.3. The number of thioether (sulfide) groups is 1. The monoisotopic (exact) mass is 430 g/mol. The zero-order valence-electron chi connectivity index (χ0n) is 5.90. The fourth-order valence-electron chi connectivity index (χ4n) is 0.413. The highest BCUT2D eigenvalue weighted by molar-refractivity contribution is 9.12. The molecule has 0 saturated carbocycles. The van der Waals surface area contributed by atoms with Crippen LogP contribution in [0.3, 0.4) is 0 Å². The van der Waals surface area contributed by atoms with Crippen molar-refractivity contribution in [2.45, 2.75) is 9.65 Å². The van der Waals surface area contributed by atoms with Gasteiger partial charge >= 0.3 is 0 Å². The Morgan fingerprint density at radius 2 is 1.27 bits per heavy atom. The molecule has 0 saturated heterocycles. The average Bonchev–Trinajstić information content (AvgIpc) is 2.04. The Hall–Kier alpha value is 2.27. The van der Waals surface area contributed by atoms with Gasteiger partial charge in [0.15, 0.2) is 0 Å². The largest absolute Gasteiger partial charge is 0.160 e. The van der Waals surface area contributed by atoms with Crippen LogP contribution in [0.15, 0.2) is 0 Å². The van der Waals surface area contributed by atoms with Gasteiger partial charge in [-0.2, -0.15) is 11.8 Å². The predicted molar refractivity (Wildman–Crippen MR) is 70.3 cm³/mol. The van der Waals surface area contributed by atoms with Gasteiger partial charge < -0.3 is 0 Å². The minimum Gasteiger partial charge on any atom is -0.160 e. The Balaban J connectivity index is 3.13. The Bertz CT molecular complexity index is 80.7. The molecule has 0 aliphatic carbocycles. The normalized spacial score (nSPS) is 16.4. The van der Waals surface area contributed by atoms with Crippen LogP contribution in [0.25, 0.3) is 0 Å². The zero-order chi connectivity index (χ0) is 8.69. The van der Waals surface area contributed by atoms with E-state index < -0.39 is 0 Å². The zero-order valence-corrected chi connectivity index (χ0v) is 13.1. The average molecular weight is 434 g/mol. The van der Waals surface area contributed by atoms with Crippen LogP contribution in [0.2, 0.25) is 0 Å². The summed E-state index contributed by atoms with van der Waals surface area (Å²) in [6.07, 6.45) is 0. The van der Waals surface area contributed by atoms with E-state index in [9.17, 15) is 0 Å². The first-order valence-electron chi connectivity index (χ1n) is 3.18. The molecule has 0 aromatic heterocycles. The molecule has 0 fully saturated rings. The van der Waals surface area contributed by atoms with Gasteiger partial charge in [0.25, 0.3) is 0 Å². The summed E-state index contributed by atoms with van der Waals surface area (Å²) in [6.45, 7) is 0. The fraction of sp³-hybridized carbons (Fsp3) is 1.00. The summed E-state index contributed by atoms with van der Waals surface area (Å²) >= 11 is 15.9. The molecular weight excluding hydrogens is 424 g/mol. The van der Waals surface area contributed by atoms with E-state index in [2.05, 4.69) is 63.7 Å². The highest BCUT2D eigenvalue weighted by atomic mass is 79.9. The van der Waals surface area contributed by atoms with Crippen LogP contribution in [0.5, 0.6) is 0 Å². The van der Waals surface area contributed by atoms with E-state index in [1.54, 1.807) is 0 Å². The summed E-state index contributed by atoms with van der Waals surface area (Å²) in [4.78, 5) is 1.20. The van der Waals surface area contributed by atoms with E-state index in [4.69, 9.17) is 0 Å². The van der Waals surface area contributed by atoms with Crippen molar-refractivity contribution >= 4 is 75.5 Å². The molecule has 0 radical (unpaired) electrons. The van der Waals surface area contributed by atoms with Crippen molar-refractivity contribution in [2.75, 3.05) is 22.2 Å². The van der Waals surface area contributed by atoms with Crippen molar-refractivity contribution in [1.29, 1.82) is 0 Å². The van der Waals surface area contributed by atoms with Crippen LogP contribution in [-0.4, -0.2) is 31.8 Å². The van der Waals surface area contributed by atoms with Gasteiger partial charge in [-0.15, -0.1) is 0 Å². The van der Waals surface area contributed by atoms with E-state index in [1.807, 2.05) is 11.8 Å². The molecule has 2 unspecified atom stereocenters. The SMILES string of the molecule is BrCC(Br)CSCC(Br)CBr. The first-order valence-corrected chi connectivity index (χ1v) is 8.41. The molecule has 0 heterocycles. The Morgan fingerprint density at radius 3 is 1.55 bits per heavy atom. The molecule has 68 valence electrons. The van der Waals surface area contributed by atoms with E-state index in [0.29, 0.717) is 9.65 Å². The summed E-state index contributed by atoms with van der Waals surface area (Å²) in [5.74, 6) is 2.33. The van der Waals surface area contributed by atoms with Crippen LogP contribution in [-0.2, 0) is 0 Å². The van der Waals surface area contributed by atoms with E-state index >= 15 is 0 Å². The molecule has 0 aromatic carbocycles. The molecule has 0 rings (SSSR count). The highest BCUT2D eigenvalue weighted by Crippen LogP contribution is 2.16. The smallest absolute Gasteiger partial charge is 0.0333 e. The van der Waals surface area contributed by atoms with Crippen molar-refractivity contribution in [1.82, 2.24) is 0 Å². The lowest BCUT2D eigenvalue weighted by atomic mass is 10.6. The summed E-state index contributed by atoms with van der Waals surface area (Å²) < 4.78 is 0. The quantitative estimate of drug-likeness (QED) is 0.570. The van der Waals surface area contributed by atoms with Crippen molar-refractivity contribution in [2.24, 2.45) is 0 Å². The Kier molecular flexibility index (Phi) is 10.7. The van der Waals surface area contributed by atoms with Gasteiger partial charge in [-0.1, -0.05) is 63.7 Å². The summed E-state index contributed by atoms with van der Waals surface area (Å²) in [7, 11) is 0. The molecular formula is C6H10Br4S. The minimum absolute atomic E-state index is 0.600. The third-order valence-corrected chi connectivity index (χ3v) is 7.66. The first-order chi connectivity index (χ1) is 5.20. The van der Waals surface area contributed by atoms with E-state index in [-0.39, 0.29) is 0 Å². The standard InChI is InChI=1S/C6H10Br4S/c7-1-5(9)3-11-4-6(10)2-8/h5-6H,1-4H2. The van der Waals surface area contributed by atoms with Gasteiger partial charge in [-0.05, 0) is 0 Å². The van der Waals surface area contributed by atoms with Crippen molar-refractivity contribution in [3.8, 4) is 0 Å². The van der Waals surface area contributed by atoms with Crippen LogP contribution in [0.4, 0.5) is 0 Å². The van der Waals surface area contributed by atoms with E-state index in [1.165, 1.54) is 11.5 Å². The second-order valence-corrected chi connectivity index (χ2v) is 7.00. The molecule has 0 aromatic rings. The van der Waals surface area contributed by atoms with Crippen LogP contribution in [0, 0.1) is 0 Å². The number of hydrogen-bond acceptors (Lipinski definition) is 1. The van der Waals surface area contributed by atoms with Crippen molar-refractivity contribution in [3.63, 3.8) is 0 Å². The number of alkyl halides is 4. The fourth-order valence-corrected chi connectivity index (χ4v) is 3.48. The molecule has 2 atom stereocenters. The lowest BCUT2D eigenvalue weighted by molar-refractivity contribution is 1.15. The third kappa shape index (κ3) is 8.60.